The van der Waals surface area contributed by atoms with Crippen molar-refractivity contribution in [2.24, 2.45) is 0 Å². The zero-order valence-corrected chi connectivity index (χ0v) is 46.0. The van der Waals surface area contributed by atoms with Crippen LogP contribution in [-0.4, -0.2) is 4.57 Å². The lowest BCUT2D eigenvalue weighted by molar-refractivity contribution is 0.660. The minimum Gasteiger partial charge on any atom is -0.309 e. The van der Waals surface area contributed by atoms with Crippen molar-refractivity contribution in [2.75, 3.05) is 4.90 Å². The molecule has 2 heterocycles. The summed E-state index contributed by atoms with van der Waals surface area (Å²) >= 11 is 0. The molecular weight excluding hydrogens is 1000 g/mol. The summed E-state index contributed by atoms with van der Waals surface area (Å²) in [6, 6.07) is 107. The molecule has 0 bridgehead atoms. The van der Waals surface area contributed by atoms with Gasteiger partial charge in [0, 0.05) is 32.8 Å². The van der Waals surface area contributed by atoms with Gasteiger partial charge >= 0.3 is 0 Å². The maximum absolute atomic E-state index is 2.61. The van der Waals surface area contributed by atoms with E-state index >= 15 is 0 Å². The Morgan fingerprint density at radius 1 is 0.289 bits per heavy atom. The molecule has 1 atom stereocenters. The van der Waals surface area contributed by atoms with Crippen LogP contribution in [0.25, 0.3) is 93.9 Å². The predicted octanol–water partition coefficient (Wildman–Crippen LogP) is 20.4. The van der Waals surface area contributed by atoms with Gasteiger partial charge in [-0.25, -0.2) is 0 Å². The Morgan fingerprint density at radius 3 is 1.49 bits per heavy atom. The first-order chi connectivity index (χ1) is 41.0. The molecule has 1 unspecified atom stereocenters. The lowest BCUT2D eigenvalue weighted by Gasteiger charge is -2.39. The average Bonchev–Trinajstić information content (AvgIpc) is 1.84. The fourth-order valence-corrected chi connectivity index (χ4v) is 17.0. The second-order valence-corrected chi connectivity index (χ2v) is 24.1. The number of rotatable bonds is 4. The van der Waals surface area contributed by atoms with Crippen LogP contribution in [0, 0.1) is 0 Å². The van der Waals surface area contributed by atoms with Gasteiger partial charge in [0.25, 0.3) is 0 Å². The molecule has 83 heavy (non-hydrogen) atoms. The molecule has 5 aliphatic rings. The molecule has 4 aliphatic carbocycles. The summed E-state index contributed by atoms with van der Waals surface area (Å²) in [5.74, 6) is 0. The van der Waals surface area contributed by atoms with E-state index in [4.69, 9.17) is 0 Å². The summed E-state index contributed by atoms with van der Waals surface area (Å²) < 4.78 is 2.54. The van der Waals surface area contributed by atoms with Crippen molar-refractivity contribution in [1.82, 2.24) is 4.57 Å². The number of anilines is 3. The number of aromatic nitrogens is 1. The van der Waals surface area contributed by atoms with Gasteiger partial charge in [-0.2, -0.15) is 0 Å². The molecule has 19 rings (SSSR count). The van der Waals surface area contributed by atoms with Crippen molar-refractivity contribution < 1.29 is 0 Å². The molecule has 0 N–H and O–H groups in total. The van der Waals surface area contributed by atoms with Crippen molar-refractivity contribution >= 4 is 49.6 Å². The Kier molecular flexibility index (Phi) is 8.76. The van der Waals surface area contributed by atoms with Crippen molar-refractivity contribution in [3.63, 3.8) is 0 Å². The molecule has 0 radical (unpaired) electrons. The van der Waals surface area contributed by atoms with E-state index in [0.717, 1.165) is 11.4 Å². The lowest BCUT2D eigenvalue weighted by atomic mass is 9.65. The third-order valence-electron chi connectivity index (χ3n) is 20.2. The van der Waals surface area contributed by atoms with E-state index in [1.165, 1.54) is 155 Å². The molecule has 0 saturated carbocycles. The highest BCUT2D eigenvalue weighted by Crippen LogP contribution is 2.66. The maximum atomic E-state index is 2.61. The van der Waals surface area contributed by atoms with E-state index in [2.05, 4.69) is 302 Å². The predicted molar refractivity (Wildman–Crippen MR) is 343 cm³/mol. The van der Waals surface area contributed by atoms with Crippen LogP contribution in [0.5, 0.6) is 0 Å². The highest BCUT2D eigenvalue weighted by Gasteiger charge is 2.54. The smallest absolute Gasteiger partial charge is 0.0754 e. The fraction of sp³-hybridized carbons (Fsp3) is 0.0617. The van der Waals surface area contributed by atoms with Crippen LogP contribution >= 0.6 is 0 Å². The third kappa shape index (κ3) is 5.46. The van der Waals surface area contributed by atoms with Gasteiger partial charge in [-0.05, 0) is 154 Å². The Balaban J connectivity index is 0.862. The molecule has 2 heteroatoms. The van der Waals surface area contributed by atoms with E-state index in [1.807, 2.05) is 0 Å². The van der Waals surface area contributed by atoms with E-state index in [1.54, 1.807) is 0 Å². The monoisotopic (exact) mass is 1050 g/mol. The van der Waals surface area contributed by atoms with Crippen molar-refractivity contribution in [2.45, 2.75) is 30.1 Å². The van der Waals surface area contributed by atoms with Gasteiger partial charge in [-0.3, -0.25) is 0 Å². The summed E-state index contributed by atoms with van der Waals surface area (Å²) in [6.07, 6.45) is 0. The van der Waals surface area contributed by atoms with Crippen LogP contribution in [0.2, 0.25) is 0 Å². The van der Waals surface area contributed by atoms with Crippen LogP contribution in [-0.2, 0) is 16.2 Å². The molecule has 1 aromatic heterocycles. The van der Waals surface area contributed by atoms with Gasteiger partial charge in [0.05, 0.1) is 38.9 Å². The van der Waals surface area contributed by atoms with Crippen LogP contribution in [0.4, 0.5) is 17.1 Å². The topological polar surface area (TPSA) is 8.17 Å². The fourth-order valence-electron chi connectivity index (χ4n) is 17.0. The first-order valence-corrected chi connectivity index (χ1v) is 29.3. The van der Waals surface area contributed by atoms with Crippen molar-refractivity contribution in [3.05, 3.63) is 335 Å². The number of para-hydroxylation sites is 3. The zero-order chi connectivity index (χ0) is 54.5. The van der Waals surface area contributed by atoms with E-state index < -0.39 is 10.8 Å². The molecule has 0 amide bonds. The summed E-state index contributed by atoms with van der Waals surface area (Å²) in [5, 5.41) is 4.98. The molecular formula is C81H52N2. The minimum atomic E-state index is -0.558. The van der Waals surface area contributed by atoms with Gasteiger partial charge < -0.3 is 9.47 Å². The zero-order valence-electron chi connectivity index (χ0n) is 46.0. The number of hydrogen-bond donors (Lipinski definition) is 0. The second kappa shape index (κ2) is 16.0. The first-order valence-electron chi connectivity index (χ1n) is 29.3. The summed E-state index contributed by atoms with van der Waals surface area (Å²) in [6.45, 7) is 4.80. The third-order valence-corrected chi connectivity index (χ3v) is 20.2. The summed E-state index contributed by atoms with van der Waals surface area (Å²) in [4.78, 5) is 2.61. The van der Waals surface area contributed by atoms with Gasteiger partial charge in [0.2, 0.25) is 0 Å². The van der Waals surface area contributed by atoms with Crippen molar-refractivity contribution in [1.29, 1.82) is 0 Å². The molecule has 2 spiro atoms. The van der Waals surface area contributed by atoms with Crippen LogP contribution < -0.4 is 4.90 Å². The summed E-state index contributed by atoms with van der Waals surface area (Å²) in [7, 11) is 0. The average molecular weight is 1050 g/mol. The number of hydrogen-bond acceptors (Lipinski definition) is 1. The molecule has 0 saturated heterocycles. The van der Waals surface area contributed by atoms with E-state index in [-0.39, 0.29) is 5.41 Å². The lowest BCUT2D eigenvalue weighted by Crippen LogP contribution is -2.33. The molecule has 2 nitrogen and oxygen atoms in total. The molecule has 1 aliphatic heterocycles. The SMILES string of the molecule is CC1(C)c2ccccc2-c2ccc(N(c3cccc4c3-c3ccccc3C43c4ccccc4-c4ccccc43)c3ccc(-c4ccc5c(c4)C4(c6ccccc6-5)c5ccccc5-n5c6ccccc6c6cccc4c65)c4ccccc34)cc21. The van der Waals surface area contributed by atoms with Crippen LogP contribution in [0.1, 0.15) is 69.5 Å². The normalized spacial score (nSPS) is 16.1. The van der Waals surface area contributed by atoms with Crippen LogP contribution in [0.15, 0.2) is 279 Å². The second-order valence-electron chi connectivity index (χ2n) is 24.1. The first kappa shape index (κ1) is 45.4. The largest absolute Gasteiger partial charge is 0.309 e. The Hall–Kier alpha value is -10.3. The standard InChI is InChI=1S/C81H52N2/c1-79(2)63-30-11-5-22-53(63)57-44-42-50(48-71(57)79)82(76-40-20-36-69-77(76)62-28-9-15-34-67(62)80(69)64-31-12-6-23-54(64)55-24-7-13-32-65(55)80)74-46-45-51(52-21-3-4-26-59(52)74)49-41-43-58-56-25-8-14-33-66(56)81(72(58)47-49)68-35-16-18-39-75(68)83-73-38-17-10-27-60(73)61-29-19-37-70(81)78(61)83/h3-48H,1-2H3. The molecule has 13 aromatic carbocycles. The van der Waals surface area contributed by atoms with E-state index in [0.29, 0.717) is 0 Å². The maximum Gasteiger partial charge on any atom is 0.0754 e. The Bertz CT molecular complexity index is 5170. The van der Waals surface area contributed by atoms with E-state index in [9.17, 15) is 0 Å². The van der Waals surface area contributed by atoms with Crippen molar-refractivity contribution in [3.8, 4) is 61.3 Å². The quantitative estimate of drug-likeness (QED) is 0.171. The van der Waals surface area contributed by atoms with Gasteiger partial charge in [0.1, 0.15) is 0 Å². The number of benzene rings is 13. The van der Waals surface area contributed by atoms with Gasteiger partial charge in [0.15, 0.2) is 0 Å². The summed E-state index contributed by atoms with van der Waals surface area (Å²) in [5.41, 5.74) is 32.1. The molecule has 0 fully saturated rings. The van der Waals surface area contributed by atoms with Gasteiger partial charge in [-0.1, -0.05) is 250 Å². The number of fused-ring (bicyclic) bond motifs is 26. The Morgan fingerprint density at radius 2 is 0.771 bits per heavy atom. The van der Waals surface area contributed by atoms with Gasteiger partial charge in [-0.15, -0.1) is 0 Å². The Labute approximate surface area is 482 Å². The molecule has 14 aromatic rings. The number of nitrogens with zero attached hydrogens (tertiary/aromatic N) is 2. The highest BCUT2D eigenvalue weighted by molar-refractivity contribution is 6.14. The molecule has 386 valence electrons. The highest BCUT2D eigenvalue weighted by atomic mass is 15.1. The van der Waals surface area contributed by atoms with Crippen LogP contribution in [0.3, 0.4) is 0 Å². The minimum absolute atomic E-state index is 0.197.